The first-order valence-corrected chi connectivity index (χ1v) is 23.0. The number of fused-ring (bicyclic) bond motifs is 9. The Morgan fingerprint density at radius 3 is 1.39 bits per heavy atom. The molecule has 1 heterocycles. The van der Waals surface area contributed by atoms with Crippen molar-refractivity contribution in [3.05, 3.63) is 293 Å². The standard InChI is InChI=1S/C62H41NS/c1-5-20-42(21-6-1)61(43-22-7-2-8-23-43)54-32-17-14-30-51(54)60-55(61)33-19-34-57(60)63(46-37-39-59-52(40-46)50-29-15-18-35-58(50)64-59)47-36-38-49-48-28-13-16-31-53(48)62(56(49)41-47,44-24-9-3-10-25-44)45-26-11-4-12-27-45/h1-41H. The first-order valence-electron chi connectivity index (χ1n) is 22.2. The van der Waals surface area contributed by atoms with Crippen molar-refractivity contribution in [2.24, 2.45) is 0 Å². The highest BCUT2D eigenvalue weighted by Crippen LogP contribution is 2.61. The van der Waals surface area contributed by atoms with Crippen molar-refractivity contribution in [2.45, 2.75) is 10.8 Å². The van der Waals surface area contributed by atoms with Gasteiger partial charge in [0.1, 0.15) is 0 Å². The fourth-order valence-corrected chi connectivity index (χ4v) is 12.6. The van der Waals surface area contributed by atoms with Crippen LogP contribution in [0.25, 0.3) is 42.4 Å². The van der Waals surface area contributed by atoms with Crippen LogP contribution in [0.3, 0.4) is 0 Å². The van der Waals surface area contributed by atoms with Crippen LogP contribution in [0.4, 0.5) is 17.1 Å². The summed E-state index contributed by atoms with van der Waals surface area (Å²) in [6.45, 7) is 0. The molecule has 0 fully saturated rings. The second-order valence-corrected chi connectivity index (χ2v) is 18.2. The molecule has 13 rings (SSSR count). The van der Waals surface area contributed by atoms with E-state index in [1.54, 1.807) is 0 Å². The monoisotopic (exact) mass is 831 g/mol. The molecular formula is C62H41NS. The van der Waals surface area contributed by atoms with Gasteiger partial charge in [0.15, 0.2) is 0 Å². The molecule has 2 aliphatic rings. The van der Waals surface area contributed by atoms with Gasteiger partial charge in [-0.3, -0.25) is 0 Å². The summed E-state index contributed by atoms with van der Waals surface area (Å²) in [7, 11) is 0. The average Bonchev–Trinajstić information content (AvgIpc) is 4.00. The Bertz CT molecular complexity index is 3470. The summed E-state index contributed by atoms with van der Waals surface area (Å²) in [4.78, 5) is 2.55. The van der Waals surface area contributed by atoms with Gasteiger partial charge in [0.25, 0.3) is 0 Å². The van der Waals surface area contributed by atoms with Crippen molar-refractivity contribution in [3.63, 3.8) is 0 Å². The summed E-state index contributed by atoms with van der Waals surface area (Å²) in [5.41, 5.74) is 17.6. The van der Waals surface area contributed by atoms with Crippen molar-refractivity contribution in [2.75, 3.05) is 4.90 Å². The normalized spacial score (nSPS) is 13.9. The maximum absolute atomic E-state index is 2.55. The van der Waals surface area contributed by atoms with Gasteiger partial charge in [-0.05, 0) is 104 Å². The Morgan fingerprint density at radius 1 is 0.297 bits per heavy atom. The number of nitrogens with zero attached hydrogens (tertiary/aromatic N) is 1. The van der Waals surface area contributed by atoms with Crippen molar-refractivity contribution < 1.29 is 0 Å². The van der Waals surface area contributed by atoms with Crippen LogP contribution in [-0.4, -0.2) is 0 Å². The van der Waals surface area contributed by atoms with Gasteiger partial charge < -0.3 is 4.90 Å². The highest BCUT2D eigenvalue weighted by atomic mass is 32.1. The summed E-state index contributed by atoms with van der Waals surface area (Å²) < 4.78 is 2.59. The van der Waals surface area contributed by atoms with Gasteiger partial charge in [0.05, 0.1) is 16.5 Å². The third kappa shape index (κ3) is 5.12. The van der Waals surface area contributed by atoms with Gasteiger partial charge in [0, 0.05) is 37.1 Å². The molecule has 2 heteroatoms. The Labute approximate surface area is 377 Å². The van der Waals surface area contributed by atoms with E-state index in [0.29, 0.717) is 0 Å². The summed E-state index contributed by atoms with van der Waals surface area (Å²) in [6.07, 6.45) is 0. The Kier molecular flexibility index (Phi) is 8.28. The SMILES string of the molecule is c1ccc(C2(c3ccccc3)c3ccccc3-c3ccc(N(c4ccc5sc6ccccc6c5c4)c4cccc5c4-c4ccccc4C5(c4ccccc4)c4ccccc4)cc32)cc1. The smallest absolute Gasteiger partial charge is 0.0714 e. The number of benzene rings is 10. The molecule has 0 saturated heterocycles. The van der Waals surface area contributed by atoms with E-state index in [-0.39, 0.29) is 0 Å². The van der Waals surface area contributed by atoms with Crippen LogP contribution < -0.4 is 4.90 Å². The van der Waals surface area contributed by atoms with Crippen molar-refractivity contribution in [3.8, 4) is 22.3 Å². The molecule has 0 spiro atoms. The minimum Gasteiger partial charge on any atom is -0.310 e. The van der Waals surface area contributed by atoms with Crippen LogP contribution in [0.1, 0.15) is 44.5 Å². The lowest BCUT2D eigenvalue weighted by Crippen LogP contribution is -2.29. The minimum atomic E-state index is -0.537. The molecule has 10 aromatic carbocycles. The molecule has 1 nitrogen and oxygen atoms in total. The van der Waals surface area contributed by atoms with Crippen molar-refractivity contribution in [1.82, 2.24) is 0 Å². The van der Waals surface area contributed by atoms with E-state index in [1.165, 1.54) is 86.9 Å². The van der Waals surface area contributed by atoms with Crippen LogP contribution in [0, 0.1) is 0 Å². The van der Waals surface area contributed by atoms with E-state index in [1.807, 2.05) is 11.3 Å². The fraction of sp³-hybridized carbons (Fsp3) is 0.0323. The lowest BCUT2D eigenvalue weighted by molar-refractivity contribution is 0.768. The Balaban J connectivity index is 1.14. The molecule has 300 valence electrons. The topological polar surface area (TPSA) is 3.24 Å². The molecule has 11 aromatic rings. The molecule has 64 heavy (non-hydrogen) atoms. The van der Waals surface area contributed by atoms with Crippen molar-refractivity contribution >= 4 is 48.6 Å². The largest absolute Gasteiger partial charge is 0.310 e. The molecule has 0 N–H and O–H groups in total. The predicted octanol–water partition coefficient (Wildman–Crippen LogP) is 16.3. The zero-order valence-electron chi connectivity index (χ0n) is 35.0. The maximum atomic E-state index is 2.55. The molecule has 0 saturated carbocycles. The second-order valence-electron chi connectivity index (χ2n) is 17.1. The zero-order chi connectivity index (χ0) is 42.2. The minimum absolute atomic E-state index is 0.529. The quantitative estimate of drug-likeness (QED) is 0.155. The lowest BCUT2D eigenvalue weighted by atomic mass is 9.67. The first kappa shape index (κ1) is 36.8. The number of thiophene rings is 1. The summed E-state index contributed by atoms with van der Waals surface area (Å²) in [6, 6.07) is 92.9. The third-order valence-corrected chi connectivity index (χ3v) is 15.2. The number of hydrogen-bond donors (Lipinski definition) is 0. The van der Waals surface area contributed by atoms with Crippen LogP contribution in [0.2, 0.25) is 0 Å². The molecule has 0 atom stereocenters. The van der Waals surface area contributed by atoms with E-state index in [0.717, 1.165) is 17.1 Å². The highest BCUT2D eigenvalue weighted by Gasteiger charge is 2.49. The molecule has 0 aliphatic heterocycles. The number of rotatable bonds is 7. The highest BCUT2D eigenvalue weighted by molar-refractivity contribution is 7.25. The van der Waals surface area contributed by atoms with E-state index in [9.17, 15) is 0 Å². The predicted molar refractivity (Wildman–Crippen MR) is 269 cm³/mol. The van der Waals surface area contributed by atoms with Crippen LogP contribution in [0.5, 0.6) is 0 Å². The molecule has 0 amide bonds. The molecule has 1 aromatic heterocycles. The van der Waals surface area contributed by atoms with Gasteiger partial charge in [-0.2, -0.15) is 0 Å². The zero-order valence-corrected chi connectivity index (χ0v) is 35.8. The third-order valence-electron chi connectivity index (χ3n) is 14.0. The number of anilines is 3. The molecule has 0 radical (unpaired) electrons. The molecular weight excluding hydrogens is 791 g/mol. The van der Waals surface area contributed by atoms with Gasteiger partial charge in [-0.1, -0.05) is 206 Å². The van der Waals surface area contributed by atoms with Crippen molar-refractivity contribution in [1.29, 1.82) is 0 Å². The van der Waals surface area contributed by atoms with E-state index in [2.05, 4.69) is 254 Å². The molecule has 0 bridgehead atoms. The van der Waals surface area contributed by atoms with Crippen LogP contribution in [0.15, 0.2) is 249 Å². The van der Waals surface area contributed by atoms with Gasteiger partial charge in [-0.15, -0.1) is 11.3 Å². The second kappa shape index (κ2) is 14.4. The Morgan fingerprint density at radius 2 is 0.750 bits per heavy atom. The van der Waals surface area contributed by atoms with Gasteiger partial charge in [-0.25, -0.2) is 0 Å². The van der Waals surface area contributed by atoms with Crippen LogP contribution >= 0.6 is 11.3 Å². The molecule has 0 unspecified atom stereocenters. The summed E-state index contributed by atoms with van der Waals surface area (Å²) in [5, 5.41) is 2.56. The Hall–Kier alpha value is -7.78. The van der Waals surface area contributed by atoms with Gasteiger partial charge in [0.2, 0.25) is 0 Å². The molecule has 2 aliphatic carbocycles. The fourth-order valence-electron chi connectivity index (χ4n) is 11.5. The van der Waals surface area contributed by atoms with E-state index in [4.69, 9.17) is 0 Å². The summed E-state index contributed by atoms with van der Waals surface area (Å²) >= 11 is 1.87. The lowest BCUT2D eigenvalue weighted by Gasteiger charge is -2.35. The van der Waals surface area contributed by atoms with E-state index >= 15 is 0 Å². The number of hydrogen-bond acceptors (Lipinski definition) is 2. The van der Waals surface area contributed by atoms with Crippen LogP contribution in [-0.2, 0) is 10.8 Å². The summed E-state index contributed by atoms with van der Waals surface area (Å²) in [5.74, 6) is 0. The average molecular weight is 832 g/mol. The van der Waals surface area contributed by atoms with E-state index < -0.39 is 10.8 Å². The first-order chi connectivity index (χ1) is 31.8. The maximum Gasteiger partial charge on any atom is 0.0714 e. The van der Waals surface area contributed by atoms with Gasteiger partial charge >= 0.3 is 0 Å².